The monoisotopic (exact) mass is 316 g/mol. The molecule has 124 valence electrons. The molecule has 6 heteroatoms. The van der Waals surface area contributed by atoms with Gasteiger partial charge in [0.2, 0.25) is 0 Å². The van der Waals surface area contributed by atoms with E-state index < -0.39 is 0 Å². The number of rotatable bonds is 4. The van der Waals surface area contributed by atoms with Crippen molar-refractivity contribution in [2.45, 2.75) is 26.8 Å². The fourth-order valence-electron chi connectivity index (χ4n) is 3.33. The lowest BCUT2D eigenvalue weighted by Gasteiger charge is -2.16. The van der Waals surface area contributed by atoms with Crippen molar-refractivity contribution in [1.29, 1.82) is 0 Å². The second-order valence-electron chi connectivity index (χ2n) is 6.32. The molecule has 2 atom stereocenters. The SMILES string of the molecule is CCOc1cccn2c(C(=O)N[C@H]3CN(C)CC3C)c(C)nc12. The number of ether oxygens (including phenoxy) is 1. The number of pyridine rings is 1. The summed E-state index contributed by atoms with van der Waals surface area (Å²) >= 11 is 0. The number of carbonyl (C=O) groups excluding carboxylic acids is 1. The molecule has 1 N–H and O–H groups in total. The van der Waals surface area contributed by atoms with E-state index in [1.165, 1.54) is 0 Å². The largest absolute Gasteiger partial charge is 0.490 e. The maximum Gasteiger partial charge on any atom is 0.270 e. The number of hydrogen-bond donors (Lipinski definition) is 1. The average molecular weight is 316 g/mol. The predicted octanol–water partition coefficient (Wildman–Crippen LogP) is 1.72. The number of imidazole rings is 1. The fourth-order valence-corrected chi connectivity index (χ4v) is 3.33. The van der Waals surface area contributed by atoms with Gasteiger partial charge in [0.15, 0.2) is 11.4 Å². The van der Waals surface area contributed by atoms with Crippen LogP contribution in [0.1, 0.15) is 30.0 Å². The molecule has 2 aromatic rings. The lowest BCUT2D eigenvalue weighted by Crippen LogP contribution is -2.40. The minimum atomic E-state index is -0.0733. The fraction of sp³-hybridized carbons (Fsp3) is 0.529. The number of nitrogens with one attached hydrogen (secondary N) is 1. The Bertz CT molecular complexity index is 725. The summed E-state index contributed by atoms with van der Waals surface area (Å²) in [5, 5.41) is 3.16. The highest BCUT2D eigenvalue weighted by Gasteiger charge is 2.30. The molecule has 3 rings (SSSR count). The molecule has 0 radical (unpaired) electrons. The van der Waals surface area contributed by atoms with Crippen molar-refractivity contribution >= 4 is 11.6 Å². The number of aryl methyl sites for hydroxylation is 1. The molecule has 23 heavy (non-hydrogen) atoms. The molecular formula is C17H24N4O2. The summed E-state index contributed by atoms with van der Waals surface area (Å²) < 4.78 is 7.43. The summed E-state index contributed by atoms with van der Waals surface area (Å²) in [5.74, 6) is 1.07. The molecule has 0 aromatic carbocycles. The summed E-state index contributed by atoms with van der Waals surface area (Å²) in [4.78, 5) is 19.6. The number of hydrogen-bond acceptors (Lipinski definition) is 4. The highest BCUT2D eigenvalue weighted by atomic mass is 16.5. The summed E-state index contributed by atoms with van der Waals surface area (Å²) in [6.45, 7) is 8.42. The average Bonchev–Trinajstić information content (AvgIpc) is 2.98. The predicted molar refractivity (Wildman–Crippen MR) is 89.0 cm³/mol. The van der Waals surface area contributed by atoms with Gasteiger partial charge in [-0.1, -0.05) is 6.92 Å². The first-order valence-corrected chi connectivity index (χ1v) is 8.11. The third-order valence-corrected chi connectivity index (χ3v) is 4.41. The molecule has 1 aliphatic heterocycles. The van der Waals surface area contributed by atoms with E-state index in [9.17, 15) is 4.79 Å². The Balaban J connectivity index is 1.91. The summed E-state index contributed by atoms with van der Waals surface area (Å²) in [5.41, 5.74) is 1.99. The third kappa shape index (κ3) is 2.91. The highest BCUT2D eigenvalue weighted by molar-refractivity contribution is 5.95. The summed E-state index contributed by atoms with van der Waals surface area (Å²) in [6, 6.07) is 3.93. The van der Waals surface area contributed by atoms with Crippen LogP contribution in [0, 0.1) is 12.8 Å². The molecule has 0 spiro atoms. The molecule has 0 saturated carbocycles. The van der Waals surface area contributed by atoms with Crippen LogP contribution < -0.4 is 10.1 Å². The van der Waals surface area contributed by atoms with E-state index in [2.05, 4.69) is 29.2 Å². The van der Waals surface area contributed by atoms with Crippen molar-refractivity contribution in [2.75, 3.05) is 26.7 Å². The zero-order valence-electron chi connectivity index (χ0n) is 14.2. The number of aromatic nitrogens is 2. The van der Waals surface area contributed by atoms with Crippen LogP contribution in [-0.2, 0) is 0 Å². The van der Waals surface area contributed by atoms with Gasteiger partial charge in [-0.15, -0.1) is 0 Å². The second-order valence-corrected chi connectivity index (χ2v) is 6.32. The van der Waals surface area contributed by atoms with E-state index in [0.717, 1.165) is 13.1 Å². The van der Waals surface area contributed by atoms with Crippen LogP contribution in [-0.4, -0.2) is 53.0 Å². The van der Waals surface area contributed by atoms with Crippen molar-refractivity contribution < 1.29 is 9.53 Å². The van der Waals surface area contributed by atoms with Crippen LogP contribution in [0.3, 0.4) is 0 Å². The first-order chi connectivity index (χ1) is 11.0. The van der Waals surface area contributed by atoms with Crippen molar-refractivity contribution in [3.05, 3.63) is 29.7 Å². The van der Waals surface area contributed by atoms with Crippen LogP contribution >= 0.6 is 0 Å². The highest BCUT2D eigenvalue weighted by Crippen LogP contribution is 2.22. The van der Waals surface area contributed by atoms with Gasteiger partial charge in [0, 0.05) is 25.3 Å². The quantitative estimate of drug-likeness (QED) is 0.933. The Morgan fingerprint density at radius 2 is 2.26 bits per heavy atom. The molecule has 0 bridgehead atoms. The first-order valence-electron chi connectivity index (χ1n) is 8.11. The number of amides is 1. The maximum absolute atomic E-state index is 12.8. The van der Waals surface area contributed by atoms with Crippen LogP contribution in [0.4, 0.5) is 0 Å². The van der Waals surface area contributed by atoms with Gasteiger partial charge in [-0.05, 0) is 38.9 Å². The minimum absolute atomic E-state index is 0.0733. The Morgan fingerprint density at radius 1 is 1.48 bits per heavy atom. The van der Waals surface area contributed by atoms with E-state index in [1.807, 2.05) is 36.6 Å². The van der Waals surface area contributed by atoms with Crippen molar-refractivity contribution in [3.8, 4) is 5.75 Å². The van der Waals surface area contributed by atoms with E-state index in [1.54, 1.807) is 0 Å². The van der Waals surface area contributed by atoms with Gasteiger partial charge < -0.3 is 15.0 Å². The molecule has 0 aliphatic carbocycles. The Labute approximate surface area is 136 Å². The topological polar surface area (TPSA) is 58.9 Å². The normalized spacial score (nSPS) is 21.7. The second kappa shape index (κ2) is 6.20. The lowest BCUT2D eigenvalue weighted by molar-refractivity contribution is 0.0925. The smallest absolute Gasteiger partial charge is 0.270 e. The maximum atomic E-state index is 12.8. The van der Waals surface area contributed by atoms with Gasteiger partial charge in [0.1, 0.15) is 5.69 Å². The van der Waals surface area contributed by atoms with Crippen LogP contribution in [0.5, 0.6) is 5.75 Å². The summed E-state index contributed by atoms with van der Waals surface area (Å²) in [7, 11) is 2.08. The van der Waals surface area contributed by atoms with E-state index >= 15 is 0 Å². The van der Waals surface area contributed by atoms with E-state index in [-0.39, 0.29) is 11.9 Å². The van der Waals surface area contributed by atoms with Gasteiger partial charge in [0.25, 0.3) is 5.91 Å². The standard InChI is InChI=1S/C17H24N4O2/c1-5-23-14-7-6-8-21-15(12(3)18-16(14)21)17(22)19-13-10-20(4)9-11(13)2/h6-8,11,13H,5,9-10H2,1-4H3,(H,19,22)/t11?,13-/m0/s1. The molecule has 1 aliphatic rings. The molecule has 1 unspecified atom stereocenters. The third-order valence-electron chi connectivity index (χ3n) is 4.41. The van der Waals surface area contributed by atoms with Crippen molar-refractivity contribution in [1.82, 2.24) is 19.6 Å². The van der Waals surface area contributed by atoms with E-state index in [4.69, 9.17) is 4.74 Å². The molecular weight excluding hydrogens is 292 g/mol. The molecule has 3 heterocycles. The molecule has 2 aromatic heterocycles. The lowest BCUT2D eigenvalue weighted by atomic mass is 10.1. The summed E-state index contributed by atoms with van der Waals surface area (Å²) in [6.07, 6.45) is 1.86. The zero-order valence-corrected chi connectivity index (χ0v) is 14.2. The van der Waals surface area contributed by atoms with Gasteiger partial charge >= 0.3 is 0 Å². The number of fused-ring (bicyclic) bond motifs is 1. The minimum Gasteiger partial charge on any atom is -0.490 e. The number of likely N-dealkylation sites (tertiary alicyclic amines) is 1. The number of nitrogens with zero attached hydrogens (tertiary/aromatic N) is 3. The van der Waals surface area contributed by atoms with Crippen LogP contribution in [0.25, 0.3) is 5.65 Å². The number of likely N-dealkylation sites (N-methyl/N-ethyl adjacent to an activating group) is 1. The molecule has 1 saturated heterocycles. The van der Waals surface area contributed by atoms with Gasteiger partial charge in [0.05, 0.1) is 12.3 Å². The van der Waals surface area contributed by atoms with Crippen molar-refractivity contribution in [2.24, 2.45) is 5.92 Å². The van der Waals surface area contributed by atoms with Crippen LogP contribution in [0.2, 0.25) is 0 Å². The first kappa shape index (κ1) is 15.8. The van der Waals surface area contributed by atoms with Gasteiger partial charge in [-0.3, -0.25) is 9.20 Å². The Kier molecular flexibility index (Phi) is 4.26. The van der Waals surface area contributed by atoms with Gasteiger partial charge in [-0.2, -0.15) is 0 Å². The van der Waals surface area contributed by atoms with Crippen molar-refractivity contribution in [3.63, 3.8) is 0 Å². The van der Waals surface area contributed by atoms with E-state index in [0.29, 0.717) is 35.3 Å². The Morgan fingerprint density at radius 3 is 2.91 bits per heavy atom. The molecule has 6 nitrogen and oxygen atoms in total. The Hall–Kier alpha value is -2.08. The number of carbonyl (C=O) groups is 1. The van der Waals surface area contributed by atoms with Crippen LogP contribution in [0.15, 0.2) is 18.3 Å². The zero-order chi connectivity index (χ0) is 16.6. The molecule has 1 amide bonds. The molecule has 1 fully saturated rings. The van der Waals surface area contributed by atoms with Gasteiger partial charge in [-0.25, -0.2) is 4.98 Å².